The number of fused-ring (bicyclic) bond motifs is 2. The predicted molar refractivity (Wildman–Crippen MR) is 128 cm³/mol. The van der Waals surface area contributed by atoms with E-state index >= 15 is 0 Å². The van der Waals surface area contributed by atoms with Crippen LogP contribution in [-0.4, -0.2) is 0 Å². The molecule has 0 aliphatic carbocycles. The van der Waals surface area contributed by atoms with Gasteiger partial charge in [-0.15, -0.1) is 82.2 Å². The molecular weight excluding hydrogens is 474 g/mol. The normalized spacial score (nSPS) is 10.1. The van der Waals surface area contributed by atoms with E-state index in [-0.39, 0.29) is 0 Å². The van der Waals surface area contributed by atoms with Crippen molar-refractivity contribution in [3.05, 3.63) is 83.9 Å². The van der Waals surface area contributed by atoms with E-state index in [9.17, 15) is 0 Å². The zero-order valence-corrected chi connectivity index (χ0v) is 21.4. The van der Waals surface area contributed by atoms with Gasteiger partial charge in [0, 0.05) is 0 Å². The summed E-state index contributed by atoms with van der Waals surface area (Å²) in [6, 6.07) is 26.2. The van der Waals surface area contributed by atoms with Gasteiger partial charge in [0.25, 0.3) is 0 Å². The Morgan fingerprint density at radius 1 is 0.690 bits per heavy atom. The van der Waals surface area contributed by atoms with E-state index in [1.54, 1.807) is 0 Å². The Hall–Kier alpha value is -0.877. The number of hydrogen-bond acceptors (Lipinski definition) is 0. The topological polar surface area (TPSA) is 0 Å². The summed E-state index contributed by atoms with van der Waals surface area (Å²) in [7, 11) is 9.87. The average molecular weight is 505 g/mol. The van der Waals surface area contributed by atoms with Crippen molar-refractivity contribution in [2.75, 3.05) is 0 Å². The van der Waals surface area contributed by atoms with Gasteiger partial charge in [-0.2, -0.15) is 11.1 Å². The van der Waals surface area contributed by atoms with Crippen molar-refractivity contribution in [2.45, 2.75) is 52.4 Å². The van der Waals surface area contributed by atoms with Gasteiger partial charge in [-0.1, -0.05) is 64.5 Å². The maximum absolute atomic E-state index is 4.93. The molecule has 4 aromatic carbocycles. The van der Waals surface area contributed by atoms with Crippen LogP contribution in [0.5, 0.6) is 0 Å². The molecule has 0 spiro atoms. The van der Waals surface area contributed by atoms with Gasteiger partial charge in [0.2, 0.25) is 0 Å². The van der Waals surface area contributed by atoms with E-state index in [1.165, 1.54) is 71.2 Å². The molecule has 4 aromatic rings. The summed E-state index contributed by atoms with van der Waals surface area (Å²) in [4.78, 5) is 0. The van der Waals surface area contributed by atoms with Gasteiger partial charge in [0.15, 0.2) is 0 Å². The van der Waals surface area contributed by atoms with Gasteiger partial charge in [0.05, 0.1) is 0 Å². The molecule has 0 atom stereocenters. The minimum atomic E-state index is -0.826. The molecule has 0 fully saturated rings. The third kappa shape index (κ3) is 7.71. The number of unbranched alkanes of at least 4 members (excludes halogenated alkanes) is 2. The minimum absolute atomic E-state index is 0.826. The van der Waals surface area contributed by atoms with Crippen molar-refractivity contribution in [2.24, 2.45) is 0 Å². The SMILES string of the molecule is CCCCc1c[cH-]c2ccccc12.CCCCc1c[cH-]c2ccccc12.[Cl][Zr+2][Cl]. The fourth-order valence-corrected chi connectivity index (χ4v) is 3.60. The van der Waals surface area contributed by atoms with Crippen molar-refractivity contribution in [3.8, 4) is 0 Å². The average Bonchev–Trinajstić information content (AvgIpc) is 3.36. The molecule has 0 N–H and O–H groups in total. The Morgan fingerprint density at radius 3 is 1.45 bits per heavy atom. The molecule has 0 bridgehead atoms. The second kappa shape index (κ2) is 14.2. The Morgan fingerprint density at radius 2 is 1.07 bits per heavy atom. The number of halogens is 2. The summed E-state index contributed by atoms with van der Waals surface area (Å²) in [5.41, 5.74) is 3.02. The summed E-state index contributed by atoms with van der Waals surface area (Å²) < 4.78 is 0. The first kappa shape index (κ1) is 24.4. The molecule has 0 amide bonds. The Labute approximate surface area is 194 Å². The summed E-state index contributed by atoms with van der Waals surface area (Å²) in [6.07, 6.45) is 7.61. The van der Waals surface area contributed by atoms with Crippen LogP contribution in [0.15, 0.2) is 72.8 Å². The van der Waals surface area contributed by atoms with E-state index in [1.807, 2.05) is 0 Å². The second-order valence-corrected chi connectivity index (χ2v) is 10.9. The quantitative estimate of drug-likeness (QED) is 0.230. The van der Waals surface area contributed by atoms with Crippen molar-refractivity contribution in [1.82, 2.24) is 0 Å². The van der Waals surface area contributed by atoms with E-state index in [0.717, 1.165) is 0 Å². The van der Waals surface area contributed by atoms with Crippen molar-refractivity contribution >= 4 is 38.6 Å². The van der Waals surface area contributed by atoms with Gasteiger partial charge in [0.1, 0.15) is 0 Å². The first-order chi connectivity index (χ1) is 14.2. The zero-order chi connectivity index (χ0) is 20.9. The van der Waals surface area contributed by atoms with E-state index < -0.39 is 20.8 Å². The van der Waals surface area contributed by atoms with Gasteiger partial charge in [-0.3, -0.25) is 0 Å². The predicted octanol–water partition coefficient (Wildman–Crippen LogP) is 9.18. The van der Waals surface area contributed by atoms with Crippen LogP contribution >= 0.6 is 17.0 Å². The molecule has 3 heteroatoms. The van der Waals surface area contributed by atoms with Crippen LogP contribution in [0.3, 0.4) is 0 Å². The molecule has 4 rings (SSSR count). The molecule has 0 unspecified atom stereocenters. The van der Waals surface area contributed by atoms with Crippen LogP contribution in [0, 0.1) is 0 Å². The Kier molecular flexibility index (Phi) is 11.9. The third-order valence-corrected chi connectivity index (χ3v) is 5.14. The third-order valence-electron chi connectivity index (χ3n) is 5.14. The second-order valence-electron chi connectivity index (χ2n) is 7.17. The molecule has 0 aliphatic heterocycles. The summed E-state index contributed by atoms with van der Waals surface area (Å²) >= 11 is -0.826. The fourth-order valence-electron chi connectivity index (χ4n) is 3.60. The van der Waals surface area contributed by atoms with Crippen LogP contribution in [0.1, 0.15) is 50.7 Å². The zero-order valence-electron chi connectivity index (χ0n) is 17.4. The number of aryl methyl sites for hydroxylation is 2. The molecule has 0 saturated heterocycles. The Bertz CT molecular complexity index is 873. The van der Waals surface area contributed by atoms with Gasteiger partial charge in [-0.05, 0) is 0 Å². The molecule has 0 aromatic heterocycles. The van der Waals surface area contributed by atoms with Gasteiger partial charge >= 0.3 is 37.9 Å². The summed E-state index contributed by atoms with van der Waals surface area (Å²) in [6.45, 7) is 4.48. The molecule has 0 aliphatic rings. The van der Waals surface area contributed by atoms with Gasteiger partial charge < -0.3 is 0 Å². The summed E-state index contributed by atoms with van der Waals surface area (Å²) in [5.74, 6) is 0. The van der Waals surface area contributed by atoms with E-state index in [0.29, 0.717) is 0 Å². The Balaban J connectivity index is 0.000000183. The van der Waals surface area contributed by atoms with Crippen LogP contribution in [0.4, 0.5) is 0 Å². The monoisotopic (exact) mass is 502 g/mol. The van der Waals surface area contributed by atoms with Crippen molar-refractivity contribution < 1.29 is 20.8 Å². The summed E-state index contributed by atoms with van der Waals surface area (Å²) in [5, 5.41) is 5.65. The molecule has 0 nitrogen and oxygen atoms in total. The maximum atomic E-state index is 4.93. The molecular formula is C26H30Cl2Zr. The first-order valence-electron chi connectivity index (χ1n) is 10.5. The van der Waals surface area contributed by atoms with Crippen molar-refractivity contribution in [1.29, 1.82) is 0 Å². The number of rotatable bonds is 6. The van der Waals surface area contributed by atoms with Gasteiger partial charge in [-0.25, -0.2) is 0 Å². The van der Waals surface area contributed by atoms with Crippen LogP contribution in [0.25, 0.3) is 21.5 Å². The van der Waals surface area contributed by atoms with Crippen molar-refractivity contribution in [3.63, 3.8) is 0 Å². The number of hydrogen-bond donors (Lipinski definition) is 0. The molecule has 0 radical (unpaired) electrons. The molecule has 0 heterocycles. The molecule has 152 valence electrons. The fraction of sp³-hybridized carbons (Fsp3) is 0.308. The van der Waals surface area contributed by atoms with Crippen LogP contribution in [0.2, 0.25) is 0 Å². The standard InChI is InChI=1S/2C13H15.2ClH.Zr/c2*1-2-3-6-11-9-10-12-7-4-5-8-13(11)12;;;/h2*4-5,7-10H,2-3,6H2,1H3;2*1H;/q2*-1;;;+4/p-2. The molecule has 0 saturated carbocycles. The number of benzene rings is 2. The first-order valence-corrected chi connectivity index (χ1v) is 16.8. The molecule has 29 heavy (non-hydrogen) atoms. The van der Waals surface area contributed by atoms with Crippen LogP contribution < -0.4 is 0 Å². The van der Waals surface area contributed by atoms with Crippen LogP contribution in [-0.2, 0) is 33.7 Å². The van der Waals surface area contributed by atoms with E-state index in [4.69, 9.17) is 17.0 Å². The van der Waals surface area contributed by atoms with E-state index in [2.05, 4.69) is 86.6 Å².